The van der Waals surface area contributed by atoms with Gasteiger partial charge in [0.15, 0.2) is 0 Å². The Bertz CT molecular complexity index is 442. The zero-order valence-electron chi connectivity index (χ0n) is 11.1. The molecule has 19 heavy (non-hydrogen) atoms. The third-order valence-electron chi connectivity index (χ3n) is 3.58. The van der Waals surface area contributed by atoms with Crippen molar-refractivity contribution in [3.05, 3.63) is 23.8 Å². The molecule has 1 unspecified atom stereocenters. The lowest BCUT2D eigenvalue weighted by Gasteiger charge is -2.32. The molecule has 0 aromatic heterocycles. The fourth-order valence-corrected chi connectivity index (χ4v) is 2.44. The van der Waals surface area contributed by atoms with Crippen LogP contribution in [0.4, 0.5) is 0 Å². The van der Waals surface area contributed by atoms with Crippen LogP contribution in [0.3, 0.4) is 0 Å². The molecule has 5 heteroatoms. The van der Waals surface area contributed by atoms with Gasteiger partial charge in [-0.2, -0.15) is 0 Å². The Hall–Kier alpha value is -1.75. The number of phenolic OH excluding ortho intramolecular Hbond substituents is 2. The molecule has 1 aromatic rings. The standard InChI is InChI=1S/C14H20N2O3/c1-16-5-3-2-4-11(16)9-15-14(19)10-6-12(17)8-13(18)7-10/h6-8,11,17-18H,2-5,9H2,1H3,(H,15,19). The van der Waals surface area contributed by atoms with Crippen molar-refractivity contribution >= 4 is 5.91 Å². The van der Waals surface area contributed by atoms with Crippen molar-refractivity contribution in [2.75, 3.05) is 20.1 Å². The number of phenols is 2. The van der Waals surface area contributed by atoms with Gasteiger partial charge in [0.1, 0.15) is 11.5 Å². The van der Waals surface area contributed by atoms with Gasteiger partial charge in [0.25, 0.3) is 5.91 Å². The Morgan fingerprint density at radius 3 is 2.63 bits per heavy atom. The number of likely N-dealkylation sites (tertiary alicyclic amines) is 1. The Kier molecular flexibility index (Phi) is 4.27. The summed E-state index contributed by atoms with van der Waals surface area (Å²) >= 11 is 0. The molecule has 1 saturated heterocycles. The van der Waals surface area contributed by atoms with Crippen LogP contribution in [-0.2, 0) is 0 Å². The van der Waals surface area contributed by atoms with E-state index in [0.717, 1.165) is 13.0 Å². The summed E-state index contributed by atoms with van der Waals surface area (Å²) in [5.41, 5.74) is 0.274. The van der Waals surface area contributed by atoms with Crippen LogP contribution >= 0.6 is 0 Å². The van der Waals surface area contributed by atoms with Gasteiger partial charge < -0.3 is 20.4 Å². The molecule has 1 atom stereocenters. The quantitative estimate of drug-likeness (QED) is 0.769. The maximum Gasteiger partial charge on any atom is 0.251 e. The van der Waals surface area contributed by atoms with E-state index in [0.29, 0.717) is 12.6 Å². The maximum atomic E-state index is 11.9. The van der Waals surface area contributed by atoms with Gasteiger partial charge in [-0.25, -0.2) is 0 Å². The molecule has 0 aliphatic carbocycles. The van der Waals surface area contributed by atoms with Crippen molar-refractivity contribution in [2.24, 2.45) is 0 Å². The number of hydrogen-bond acceptors (Lipinski definition) is 4. The number of benzene rings is 1. The minimum Gasteiger partial charge on any atom is -0.508 e. The van der Waals surface area contributed by atoms with E-state index < -0.39 is 0 Å². The van der Waals surface area contributed by atoms with Crippen LogP contribution < -0.4 is 5.32 Å². The molecule has 1 aliphatic rings. The van der Waals surface area contributed by atoms with Crippen molar-refractivity contribution in [1.82, 2.24) is 10.2 Å². The van der Waals surface area contributed by atoms with E-state index in [9.17, 15) is 15.0 Å². The largest absolute Gasteiger partial charge is 0.508 e. The predicted octanol–water partition coefficient (Wildman–Crippen LogP) is 1.31. The Morgan fingerprint density at radius 2 is 2.00 bits per heavy atom. The van der Waals surface area contributed by atoms with Crippen LogP contribution in [0.1, 0.15) is 29.6 Å². The first-order valence-electron chi connectivity index (χ1n) is 6.58. The molecule has 1 aliphatic heterocycles. The number of hydrogen-bond donors (Lipinski definition) is 3. The van der Waals surface area contributed by atoms with Crippen molar-refractivity contribution in [1.29, 1.82) is 0 Å². The average molecular weight is 264 g/mol. The monoisotopic (exact) mass is 264 g/mol. The number of rotatable bonds is 3. The summed E-state index contributed by atoms with van der Waals surface area (Å²) in [7, 11) is 2.07. The maximum absolute atomic E-state index is 11.9. The van der Waals surface area contributed by atoms with Crippen LogP contribution in [-0.4, -0.2) is 47.2 Å². The molecule has 1 fully saturated rings. The van der Waals surface area contributed by atoms with E-state index in [2.05, 4.69) is 17.3 Å². The SMILES string of the molecule is CN1CCCCC1CNC(=O)c1cc(O)cc(O)c1. The van der Waals surface area contributed by atoms with Gasteiger partial charge in [-0.3, -0.25) is 4.79 Å². The number of carbonyl (C=O) groups is 1. The topological polar surface area (TPSA) is 72.8 Å². The molecular formula is C14H20N2O3. The van der Waals surface area contributed by atoms with Crippen LogP contribution in [0.15, 0.2) is 18.2 Å². The first-order valence-corrected chi connectivity index (χ1v) is 6.58. The van der Waals surface area contributed by atoms with Gasteiger partial charge >= 0.3 is 0 Å². The number of aromatic hydroxyl groups is 2. The average Bonchev–Trinajstić information content (AvgIpc) is 2.36. The van der Waals surface area contributed by atoms with Crippen molar-refractivity contribution in [2.45, 2.75) is 25.3 Å². The second kappa shape index (κ2) is 5.93. The predicted molar refractivity (Wildman–Crippen MR) is 72.4 cm³/mol. The van der Waals surface area contributed by atoms with Gasteiger partial charge in [0.2, 0.25) is 0 Å². The fraction of sp³-hybridized carbons (Fsp3) is 0.500. The van der Waals surface area contributed by atoms with E-state index in [4.69, 9.17) is 0 Å². The van der Waals surface area contributed by atoms with Crippen LogP contribution in [0, 0.1) is 0 Å². The number of amides is 1. The molecule has 3 N–H and O–H groups in total. The second-order valence-corrected chi connectivity index (χ2v) is 5.08. The normalized spacial score (nSPS) is 20.2. The smallest absolute Gasteiger partial charge is 0.251 e. The van der Waals surface area contributed by atoms with Gasteiger partial charge in [-0.1, -0.05) is 6.42 Å². The van der Waals surface area contributed by atoms with E-state index >= 15 is 0 Å². The Labute approximate surface area is 112 Å². The molecule has 0 spiro atoms. The summed E-state index contributed by atoms with van der Waals surface area (Å²) in [4.78, 5) is 14.2. The number of nitrogens with zero attached hydrogens (tertiary/aromatic N) is 1. The highest BCUT2D eigenvalue weighted by Gasteiger charge is 2.19. The van der Waals surface area contributed by atoms with Gasteiger partial charge in [0, 0.05) is 24.2 Å². The highest BCUT2D eigenvalue weighted by atomic mass is 16.3. The zero-order valence-corrected chi connectivity index (χ0v) is 11.1. The Morgan fingerprint density at radius 1 is 1.32 bits per heavy atom. The van der Waals surface area contributed by atoms with Crippen molar-refractivity contribution < 1.29 is 15.0 Å². The molecule has 0 bridgehead atoms. The van der Waals surface area contributed by atoms with E-state index in [1.807, 2.05) is 0 Å². The lowest BCUT2D eigenvalue weighted by molar-refractivity contribution is 0.0927. The summed E-state index contributed by atoms with van der Waals surface area (Å²) < 4.78 is 0. The molecular weight excluding hydrogens is 244 g/mol. The number of nitrogens with one attached hydrogen (secondary N) is 1. The number of likely N-dealkylation sites (N-methyl/N-ethyl adjacent to an activating group) is 1. The van der Waals surface area contributed by atoms with Crippen LogP contribution in [0.2, 0.25) is 0 Å². The highest BCUT2D eigenvalue weighted by Crippen LogP contribution is 2.20. The number of piperidine rings is 1. The van der Waals surface area contributed by atoms with Gasteiger partial charge in [0.05, 0.1) is 0 Å². The molecule has 1 heterocycles. The minimum atomic E-state index is -0.273. The first kappa shape index (κ1) is 13.7. The lowest BCUT2D eigenvalue weighted by atomic mass is 10.0. The zero-order chi connectivity index (χ0) is 13.8. The van der Waals surface area contributed by atoms with Gasteiger partial charge in [-0.15, -0.1) is 0 Å². The third-order valence-corrected chi connectivity index (χ3v) is 3.58. The van der Waals surface area contributed by atoms with E-state index in [-0.39, 0.29) is 23.0 Å². The van der Waals surface area contributed by atoms with Gasteiger partial charge in [-0.05, 0) is 38.6 Å². The molecule has 1 amide bonds. The summed E-state index contributed by atoms with van der Waals surface area (Å²) in [6.45, 7) is 1.65. The molecule has 5 nitrogen and oxygen atoms in total. The second-order valence-electron chi connectivity index (χ2n) is 5.08. The van der Waals surface area contributed by atoms with Crippen molar-refractivity contribution in [3.63, 3.8) is 0 Å². The van der Waals surface area contributed by atoms with E-state index in [1.54, 1.807) is 0 Å². The summed E-state index contributed by atoms with van der Waals surface area (Å²) in [5, 5.41) is 21.6. The summed E-state index contributed by atoms with van der Waals surface area (Å²) in [6, 6.07) is 4.26. The van der Waals surface area contributed by atoms with Crippen LogP contribution in [0.5, 0.6) is 11.5 Å². The summed E-state index contributed by atoms with van der Waals surface area (Å²) in [6.07, 6.45) is 3.49. The summed E-state index contributed by atoms with van der Waals surface area (Å²) in [5.74, 6) is -0.495. The number of carbonyl (C=O) groups excluding carboxylic acids is 1. The molecule has 1 aromatic carbocycles. The first-order chi connectivity index (χ1) is 9.06. The lowest BCUT2D eigenvalue weighted by Crippen LogP contribution is -2.44. The fourth-order valence-electron chi connectivity index (χ4n) is 2.44. The highest BCUT2D eigenvalue weighted by molar-refractivity contribution is 5.95. The van der Waals surface area contributed by atoms with E-state index in [1.165, 1.54) is 31.0 Å². The minimum absolute atomic E-state index is 0.111. The third kappa shape index (κ3) is 3.61. The molecule has 104 valence electrons. The van der Waals surface area contributed by atoms with Crippen LogP contribution in [0.25, 0.3) is 0 Å². The molecule has 2 rings (SSSR count). The molecule has 0 saturated carbocycles. The Balaban J connectivity index is 1.93. The van der Waals surface area contributed by atoms with Crippen molar-refractivity contribution in [3.8, 4) is 11.5 Å². The molecule has 0 radical (unpaired) electrons.